The van der Waals surface area contributed by atoms with Crippen LogP contribution in [0.4, 0.5) is 4.39 Å². The number of rotatable bonds is 10. The van der Waals surface area contributed by atoms with E-state index in [1.807, 2.05) is 34.9 Å². The third-order valence-electron chi connectivity index (χ3n) is 3.79. The lowest BCUT2D eigenvalue weighted by molar-refractivity contribution is 0.288. The Balaban J connectivity index is 1.59. The third kappa shape index (κ3) is 5.53. The molecule has 0 unspecified atom stereocenters. The first kappa shape index (κ1) is 20.3. The molecular formula is C20H20FN3O2S2. The molecule has 146 valence electrons. The maximum atomic E-state index is 13.0. The lowest BCUT2D eigenvalue weighted by atomic mass is 10.3. The van der Waals surface area contributed by atoms with Crippen molar-refractivity contribution in [1.82, 2.24) is 14.8 Å². The van der Waals surface area contributed by atoms with Gasteiger partial charge in [0.25, 0.3) is 0 Å². The monoisotopic (exact) mass is 417 g/mol. The quantitative estimate of drug-likeness (QED) is 0.367. The summed E-state index contributed by atoms with van der Waals surface area (Å²) in [6.07, 6.45) is 1.76. The Labute approximate surface area is 170 Å². The highest BCUT2D eigenvalue weighted by Crippen LogP contribution is 2.20. The molecule has 0 radical (unpaired) electrons. The standard InChI is InChI=1S/C20H20FN3O2S2/c1-2-12-24-19(15-26-17-10-8-16(21)9-11-17)22-23-20(24)27-13-14-28(25)18-6-4-3-5-7-18/h2-11H,1,12-15H2/t28-/m1/s1. The van der Waals surface area contributed by atoms with Gasteiger partial charge in [0, 0.05) is 22.9 Å². The average Bonchev–Trinajstić information content (AvgIpc) is 3.10. The molecule has 8 heteroatoms. The molecule has 0 spiro atoms. The highest BCUT2D eigenvalue weighted by atomic mass is 32.2. The highest BCUT2D eigenvalue weighted by Gasteiger charge is 2.13. The number of ether oxygens (including phenoxy) is 1. The van der Waals surface area contributed by atoms with Gasteiger partial charge in [0.05, 0.1) is 10.8 Å². The first-order valence-corrected chi connectivity index (χ1v) is 11.0. The van der Waals surface area contributed by atoms with Crippen LogP contribution in [0.25, 0.3) is 0 Å². The van der Waals surface area contributed by atoms with E-state index in [0.717, 1.165) is 10.1 Å². The van der Waals surface area contributed by atoms with E-state index in [-0.39, 0.29) is 12.4 Å². The number of hydrogen-bond acceptors (Lipinski definition) is 5. The molecule has 0 amide bonds. The Hall–Kier alpha value is -2.45. The summed E-state index contributed by atoms with van der Waals surface area (Å²) in [7, 11) is -1.04. The summed E-state index contributed by atoms with van der Waals surface area (Å²) in [5, 5.41) is 9.14. The van der Waals surface area contributed by atoms with Crippen molar-refractivity contribution in [2.75, 3.05) is 11.5 Å². The fraction of sp³-hybridized carbons (Fsp3) is 0.200. The fourth-order valence-electron chi connectivity index (χ4n) is 2.42. The van der Waals surface area contributed by atoms with Gasteiger partial charge in [-0.15, -0.1) is 16.8 Å². The Morgan fingerprint density at radius 1 is 1.14 bits per heavy atom. The van der Waals surface area contributed by atoms with Crippen molar-refractivity contribution in [3.05, 3.63) is 78.9 Å². The number of hydrogen-bond donors (Lipinski definition) is 0. The molecule has 1 aromatic heterocycles. The highest BCUT2D eigenvalue weighted by molar-refractivity contribution is 8.00. The van der Waals surface area contributed by atoms with Gasteiger partial charge in [-0.05, 0) is 36.4 Å². The molecule has 0 N–H and O–H groups in total. The van der Waals surface area contributed by atoms with Crippen molar-refractivity contribution in [1.29, 1.82) is 0 Å². The third-order valence-corrected chi connectivity index (χ3v) is 6.39. The number of allylic oxidation sites excluding steroid dienone is 1. The van der Waals surface area contributed by atoms with E-state index in [9.17, 15) is 8.60 Å². The van der Waals surface area contributed by atoms with Crippen LogP contribution in [0.2, 0.25) is 0 Å². The molecule has 3 rings (SSSR count). The molecule has 3 aromatic rings. The van der Waals surface area contributed by atoms with Crippen LogP contribution in [0, 0.1) is 5.82 Å². The average molecular weight is 418 g/mol. The van der Waals surface area contributed by atoms with Gasteiger partial charge in [-0.1, -0.05) is 36.0 Å². The smallest absolute Gasteiger partial charge is 0.191 e. The summed E-state index contributed by atoms with van der Waals surface area (Å²) in [6.45, 7) is 4.53. The van der Waals surface area contributed by atoms with Gasteiger partial charge >= 0.3 is 0 Å². The Kier molecular flexibility index (Phi) is 7.39. The lowest BCUT2D eigenvalue weighted by Crippen LogP contribution is -2.08. The summed E-state index contributed by atoms with van der Waals surface area (Å²) in [5.74, 6) is 2.07. The molecule has 0 saturated carbocycles. The second kappa shape index (κ2) is 10.2. The van der Waals surface area contributed by atoms with Gasteiger partial charge in [-0.3, -0.25) is 8.78 Å². The van der Waals surface area contributed by atoms with Gasteiger partial charge in [0.15, 0.2) is 11.0 Å². The summed E-state index contributed by atoms with van der Waals surface area (Å²) >= 11 is 1.50. The van der Waals surface area contributed by atoms with Crippen molar-refractivity contribution in [2.24, 2.45) is 0 Å². The molecule has 1 heterocycles. The van der Waals surface area contributed by atoms with Crippen molar-refractivity contribution >= 4 is 22.6 Å². The predicted molar refractivity (Wildman–Crippen MR) is 109 cm³/mol. The minimum atomic E-state index is -1.04. The van der Waals surface area contributed by atoms with Gasteiger partial charge in [-0.25, -0.2) is 4.39 Å². The number of nitrogens with zero attached hydrogens (tertiary/aromatic N) is 3. The molecular weight excluding hydrogens is 397 g/mol. The van der Waals surface area contributed by atoms with Crippen LogP contribution in [-0.2, 0) is 24.0 Å². The maximum Gasteiger partial charge on any atom is 0.191 e. The zero-order valence-corrected chi connectivity index (χ0v) is 16.8. The predicted octanol–water partition coefficient (Wildman–Crippen LogP) is 4.08. The largest absolute Gasteiger partial charge is 0.486 e. The normalized spacial score (nSPS) is 11.9. The van der Waals surface area contributed by atoms with Crippen molar-refractivity contribution < 1.29 is 13.3 Å². The van der Waals surface area contributed by atoms with E-state index in [2.05, 4.69) is 16.8 Å². The van der Waals surface area contributed by atoms with E-state index >= 15 is 0 Å². The fourth-order valence-corrected chi connectivity index (χ4v) is 4.67. The Morgan fingerprint density at radius 2 is 1.89 bits per heavy atom. The van der Waals surface area contributed by atoms with Crippen LogP contribution in [-0.4, -0.2) is 30.5 Å². The van der Waals surface area contributed by atoms with Crippen LogP contribution >= 0.6 is 11.8 Å². The molecule has 0 fully saturated rings. The molecule has 1 atom stereocenters. The van der Waals surface area contributed by atoms with E-state index in [1.165, 1.54) is 23.9 Å². The molecule has 0 aliphatic rings. The summed E-state index contributed by atoms with van der Waals surface area (Å²) in [4.78, 5) is 0.823. The summed E-state index contributed by atoms with van der Waals surface area (Å²) in [6, 6.07) is 15.2. The van der Waals surface area contributed by atoms with Gasteiger partial charge < -0.3 is 4.74 Å². The van der Waals surface area contributed by atoms with E-state index < -0.39 is 10.8 Å². The Bertz CT molecular complexity index is 930. The zero-order chi connectivity index (χ0) is 19.8. The van der Waals surface area contributed by atoms with Crippen molar-refractivity contribution in [2.45, 2.75) is 23.2 Å². The maximum absolute atomic E-state index is 13.0. The van der Waals surface area contributed by atoms with E-state index in [1.54, 1.807) is 18.2 Å². The molecule has 28 heavy (non-hydrogen) atoms. The number of halogens is 1. The van der Waals surface area contributed by atoms with Crippen LogP contribution in [0.3, 0.4) is 0 Å². The number of aromatic nitrogens is 3. The van der Waals surface area contributed by atoms with E-state index in [4.69, 9.17) is 4.74 Å². The second-order valence-electron chi connectivity index (χ2n) is 5.75. The Morgan fingerprint density at radius 3 is 2.61 bits per heavy atom. The summed E-state index contributed by atoms with van der Waals surface area (Å²) in [5.41, 5.74) is 0. The lowest BCUT2D eigenvalue weighted by Gasteiger charge is -2.09. The van der Waals surface area contributed by atoms with Gasteiger partial charge in [0.2, 0.25) is 0 Å². The summed E-state index contributed by atoms with van der Waals surface area (Å²) < 4.78 is 32.9. The zero-order valence-electron chi connectivity index (χ0n) is 15.2. The topological polar surface area (TPSA) is 57.0 Å². The SMILES string of the molecule is C=CCn1c(COc2ccc(F)cc2)nnc1SCC[S@@](=O)c1ccccc1. The second-order valence-corrected chi connectivity index (χ2v) is 8.38. The number of thioether (sulfide) groups is 1. The molecule has 0 bridgehead atoms. The number of benzene rings is 2. The first-order valence-electron chi connectivity index (χ1n) is 8.65. The van der Waals surface area contributed by atoms with Gasteiger partial charge in [0.1, 0.15) is 18.2 Å². The molecule has 0 aliphatic carbocycles. The molecule has 0 aliphatic heterocycles. The first-order chi connectivity index (χ1) is 13.7. The van der Waals surface area contributed by atoms with Crippen LogP contribution in [0.1, 0.15) is 5.82 Å². The van der Waals surface area contributed by atoms with Gasteiger partial charge in [-0.2, -0.15) is 0 Å². The van der Waals surface area contributed by atoms with Crippen LogP contribution in [0.15, 0.2) is 77.3 Å². The van der Waals surface area contributed by atoms with Crippen molar-refractivity contribution in [3.8, 4) is 5.75 Å². The van der Waals surface area contributed by atoms with E-state index in [0.29, 0.717) is 29.6 Å². The molecule has 5 nitrogen and oxygen atoms in total. The minimum absolute atomic E-state index is 0.211. The van der Waals surface area contributed by atoms with Crippen LogP contribution < -0.4 is 4.74 Å². The molecule has 2 aromatic carbocycles. The van der Waals surface area contributed by atoms with Crippen molar-refractivity contribution in [3.63, 3.8) is 0 Å². The van der Waals surface area contributed by atoms with Crippen LogP contribution in [0.5, 0.6) is 5.75 Å². The minimum Gasteiger partial charge on any atom is -0.486 e. The molecule has 0 saturated heterocycles.